The first-order valence-corrected chi connectivity index (χ1v) is 7.45. The number of carbonyl (C=O) groups excluding carboxylic acids is 1. The van der Waals surface area contributed by atoms with E-state index >= 15 is 0 Å². The summed E-state index contributed by atoms with van der Waals surface area (Å²) in [6.45, 7) is 4.10. The van der Waals surface area contributed by atoms with Crippen LogP contribution in [0.4, 0.5) is 5.69 Å². The van der Waals surface area contributed by atoms with Crippen LogP contribution in [0.5, 0.6) is 0 Å². The number of amides is 1. The Morgan fingerprint density at radius 2 is 1.89 bits per heavy atom. The second-order valence-electron chi connectivity index (χ2n) is 5.26. The topological polar surface area (TPSA) is 29.1 Å². The lowest BCUT2D eigenvalue weighted by Crippen LogP contribution is -2.25. The summed E-state index contributed by atoms with van der Waals surface area (Å²) in [5.74, 6) is 0.383. The molecule has 0 unspecified atom stereocenters. The molecule has 1 N–H and O–H groups in total. The smallest absolute Gasteiger partial charge is 0.227 e. The van der Waals surface area contributed by atoms with Crippen LogP contribution in [0, 0.1) is 19.8 Å². The van der Waals surface area contributed by atoms with Gasteiger partial charge in [-0.2, -0.15) is 0 Å². The zero-order valence-corrected chi connectivity index (χ0v) is 12.6. The van der Waals surface area contributed by atoms with Gasteiger partial charge in [0.15, 0.2) is 0 Å². The molecule has 3 heteroatoms. The average Bonchev–Trinajstić information content (AvgIpc) is 2.34. The highest BCUT2D eigenvalue weighted by atomic mass is 79.9. The van der Waals surface area contributed by atoms with Gasteiger partial charge in [-0.05, 0) is 59.8 Å². The maximum absolute atomic E-state index is 12.2. The summed E-state index contributed by atoms with van der Waals surface area (Å²) in [5.41, 5.74) is 3.25. The van der Waals surface area contributed by atoms with Gasteiger partial charge in [-0.3, -0.25) is 4.79 Å². The molecule has 0 radical (unpaired) electrons. The van der Waals surface area contributed by atoms with Crippen molar-refractivity contribution in [2.45, 2.75) is 46.0 Å². The van der Waals surface area contributed by atoms with Crippen molar-refractivity contribution in [1.29, 1.82) is 0 Å². The van der Waals surface area contributed by atoms with Gasteiger partial charge in [0.1, 0.15) is 0 Å². The van der Waals surface area contributed by atoms with Crippen LogP contribution in [0.2, 0.25) is 0 Å². The molecule has 1 aromatic rings. The summed E-state index contributed by atoms with van der Waals surface area (Å²) in [6.07, 6.45) is 5.72. The molecule has 0 aliphatic heterocycles. The zero-order valence-electron chi connectivity index (χ0n) is 11.1. The number of nitrogens with one attached hydrogen (secondary N) is 1. The van der Waals surface area contributed by atoms with Gasteiger partial charge in [0.25, 0.3) is 0 Å². The molecular weight excluding hydrogens is 290 g/mol. The fraction of sp³-hybridized carbons (Fsp3) is 0.533. The number of carbonyl (C=O) groups is 1. The molecule has 1 aromatic carbocycles. The number of aryl methyl sites for hydroxylation is 2. The van der Waals surface area contributed by atoms with Crippen LogP contribution in [0.25, 0.3) is 0 Å². The first kappa shape index (κ1) is 13.6. The van der Waals surface area contributed by atoms with Gasteiger partial charge >= 0.3 is 0 Å². The van der Waals surface area contributed by atoms with Crippen molar-refractivity contribution >= 4 is 27.5 Å². The second-order valence-corrected chi connectivity index (χ2v) is 6.12. The van der Waals surface area contributed by atoms with E-state index < -0.39 is 0 Å². The lowest BCUT2D eigenvalue weighted by Gasteiger charge is -2.22. The van der Waals surface area contributed by atoms with Gasteiger partial charge in [0.2, 0.25) is 5.91 Å². The molecule has 0 aromatic heterocycles. The predicted molar refractivity (Wildman–Crippen MR) is 78.8 cm³/mol. The van der Waals surface area contributed by atoms with Crippen molar-refractivity contribution in [1.82, 2.24) is 0 Å². The average molecular weight is 310 g/mol. The van der Waals surface area contributed by atoms with Crippen molar-refractivity contribution in [2.24, 2.45) is 5.92 Å². The van der Waals surface area contributed by atoms with E-state index in [1.54, 1.807) is 0 Å². The van der Waals surface area contributed by atoms with E-state index in [0.717, 1.165) is 28.6 Å². The lowest BCUT2D eigenvalue weighted by molar-refractivity contribution is -0.120. The van der Waals surface area contributed by atoms with Crippen LogP contribution < -0.4 is 5.32 Å². The van der Waals surface area contributed by atoms with E-state index in [-0.39, 0.29) is 11.8 Å². The monoisotopic (exact) mass is 309 g/mol. The first-order valence-electron chi connectivity index (χ1n) is 6.65. The molecule has 1 saturated carbocycles. The summed E-state index contributed by atoms with van der Waals surface area (Å²) in [7, 11) is 0. The van der Waals surface area contributed by atoms with Crippen molar-refractivity contribution in [2.75, 3.05) is 5.32 Å². The molecule has 98 valence electrons. The molecule has 0 bridgehead atoms. The molecule has 2 rings (SSSR count). The minimum Gasteiger partial charge on any atom is -0.325 e. The third kappa shape index (κ3) is 3.14. The summed E-state index contributed by atoms with van der Waals surface area (Å²) in [6, 6.07) is 4.14. The molecule has 0 heterocycles. The van der Waals surface area contributed by atoms with Crippen LogP contribution in [-0.2, 0) is 4.79 Å². The Labute approximate surface area is 117 Å². The summed E-state index contributed by atoms with van der Waals surface area (Å²) in [5, 5.41) is 3.09. The molecule has 0 saturated heterocycles. The number of rotatable bonds is 2. The minimum absolute atomic E-state index is 0.183. The Kier molecular flexibility index (Phi) is 4.44. The normalized spacial score (nSPS) is 16.6. The largest absolute Gasteiger partial charge is 0.325 e. The van der Waals surface area contributed by atoms with Crippen molar-refractivity contribution in [3.05, 3.63) is 27.7 Å². The lowest BCUT2D eigenvalue weighted by atomic mass is 9.88. The summed E-state index contributed by atoms with van der Waals surface area (Å²) in [4.78, 5) is 12.2. The van der Waals surface area contributed by atoms with Crippen molar-refractivity contribution in [3.8, 4) is 0 Å². The van der Waals surface area contributed by atoms with Gasteiger partial charge in [-0.1, -0.05) is 25.3 Å². The number of hydrogen-bond donors (Lipinski definition) is 1. The fourth-order valence-electron chi connectivity index (χ4n) is 2.66. The fourth-order valence-corrected chi connectivity index (χ4v) is 3.44. The SMILES string of the molecule is Cc1cc(C)c(NC(=O)C2CCCCC2)c(Br)c1. The van der Waals surface area contributed by atoms with Crippen molar-refractivity contribution in [3.63, 3.8) is 0 Å². The van der Waals surface area contributed by atoms with Crippen LogP contribution in [-0.4, -0.2) is 5.91 Å². The van der Waals surface area contributed by atoms with Gasteiger partial charge in [0.05, 0.1) is 5.69 Å². The van der Waals surface area contributed by atoms with E-state index in [2.05, 4.69) is 34.2 Å². The van der Waals surface area contributed by atoms with Crippen molar-refractivity contribution < 1.29 is 4.79 Å². The number of benzene rings is 1. The summed E-state index contributed by atoms with van der Waals surface area (Å²) >= 11 is 3.54. The highest BCUT2D eigenvalue weighted by Crippen LogP contribution is 2.30. The molecule has 1 amide bonds. The van der Waals surface area contributed by atoms with E-state index in [4.69, 9.17) is 0 Å². The second kappa shape index (κ2) is 5.87. The maximum atomic E-state index is 12.2. The first-order chi connectivity index (χ1) is 8.58. The molecule has 1 aliphatic rings. The maximum Gasteiger partial charge on any atom is 0.227 e. The zero-order chi connectivity index (χ0) is 13.1. The molecule has 1 aliphatic carbocycles. The van der Waals surface area contributed by atoms with Gasteiger partial charge in [-0.25, -0.2) is 0 Å². The van der Waals surface area contributed by atoms with E-state index in [1.807, 2.05) is 13.0 Å². The predicted octanol–water partition coefficient (Wildman–Crippen LogP) is 4.58. The van der Waals surface area contributed by atoms with Crippen LogP contribution in [0.1, 0.15) is 43.2 Å². The molecule has 18 heavy (non-hydrogen) atoms. The van der Waals surface area contributed by atoms with Gasteiger partial charge in [-0.15, -0.1) is 0 Å². The standard InChI is InChI=1S/C15H20BrNO/c1-10-8-11(2)14(13(16)9-10)17-15(18)12-6-4-3-5-7-12/h8-9,12H,3-7H2,1-2H3,(H,17,18). The Morgan fingerprint density at radius 1 is 1.22 bits per heavy atom. The van der Waals surface area contributed by atoms with Crippen LogP contribution in [0.15, 0.2) is 16.6 Å². The van der Waals surface area contributed by atoms with Gasteiger partial charge in [0, 0.05) is 10.4 Å². The van der Waals surface area contributed by atoms with E-state index in [0.29, 0.717) is 0 Å². The minimum atomic E-state index is 0.183. The molecule has 1 fully saturated rings. The van der Waals surface area contributed by atoms with Crippen LogP contribution in [0.3, 0.4) is 0 Å². The third-order valence-corrected chi connectivity index (χ3v) is 4.28. The highest BCUT2D eigenvalue weighted by molar-refractivity contribution is 9.10. The number of halogens is 1. The molecule has 0 atom stereocenters. The Bertz CT molecular complexity index is 427. The molecule has 2 nitrogen and oxygen atoms in total. The van der Waals surface area contributed by atoms with E-state index in [9.17, 15) is 4.79 Å². The number of hydrogen-bond acceptors (Lipinski definition) is 1. The Morgan fingerprint density at radius 3 is 2.50 bits per heavy atom. The quantitative estimate of drug-likeness (QED) is 0.851. The highest BCUT2D eigenvalue weighted by Gasteiger charge is 2.22. The van der Waals surface area contributed by atoms with Crippen LogP contribution >= 0.6 is 15.9 Å². The van der Waals surface area contributed by atoms with Gasteiger partial charge < -0.3 is 5.32 Å². The van der Waals surface area contributed by atoms with E-state index in [1.165, 1.54) is 24.8 Å². The Hall–Kier alpha value is -0.830. The molecular formula is C15H20BrNO. The number of anilines is 1. The summed E-state index contributed by atoms with van der Waals surface area (Å²) < 4.78 is 0.976. The third-order valence-electron chi connectivity index (χ3n) is 3.66. The molecule has 0 spiro atoms. The Balaban J connectivity index is 2.11.